The van der Waals surface area contributed by atoms with Gasteiger partial charge in [0.1, 0.15) is 0 Å². The second-order valence-electron chi connectivity index (χ2n) is 4.59. The third-order valence-electron chi connectivity index (χ3n) is 3.43. The van der Waals surface area contributed by atoms with E-state index < -0.39 is 0 Å². The second kappa shape index (κ2) is 11.4. The maximum absolute atomic E-state index is 9.09. The molecule has 1 N–H and O–H groups in total. The molecule has 0 aromatic rings. The Labute approximate surface area is 102 Å². The summed E-state index contributed by atoms with van der Waals surface area (Å²) in [6, 6.07) is 0.599. The third-order valence-corrected chi connectivity index (χ3v) is 3.43. The van der Waals surface area contributed by atoms with Crippen LogP contribution in [0.4, 0.5) is 0 Å². The van der Waals surface area contributed by atoms with Gasteiger partial charge in [-0.2, -0.15) is 0 Å². The summed E-state index contributed by atoms with van der Waals surface area (Å²) in [5, 5.41) is 9.09. The molecule has 0 saturated heterocycles. The highest BCUT2D eigenvalue weighted by Crippen LogP contribution is 2.14. The van der Waals surface area contributed by atoms with Crippen LogP contribution < -0.4 is 0 Å². The zero-order chi connectivity index (χ0) is 12.2. The molecule has 0 aromatic carbocycles. The summed E-state index contributed by atoms with van der Waals surface area (Å²) in [7, 11) is 0. The van der Waals surface area contributed by atoms with E-state index >= 15 is 0 Å². The highest BCUT2D eigenvalue weighted by Gasteiger charge is 2.14. The number of nitrogens with zero attached hydrogens (tertiary/aromatic N) is 1. The Morgan fingerprint density at radius 3 is 2.00 bits per heavy atom. The van der Waals surface area contributed by atoms with E-state index in [9.17, 15) is 0 Å². The van der Waals surface area contributed by atoms with E-state index in [-0.39, 0.29) is 0 Å². The molecule has 0 aromatic heterocycles. The second-order valence-corrected chi connectivity index (χ2v) is 4.59. The summed E-state index contributed by atoms with van der Waals surface area (Å²) in [5.41, 5.74) is 0. The molecule has 0 bridgehead atoms. The Morgan fingerprint density at radius 1 is 0.875 bits per heavy atom. The first kappa shape index (κ1) is 15.9. The van der Waals surface area contributed by atoms with Gasteiger partial charge in [-0.05, 0) is 25.9 Å². The van der Waals surface area contributed by atoms with Gasteiger partial charge in [0, 0.05) is 12.6 Å². The zero-order valence-electron chi connectivity index (χ0n) is 11.5. The fraction of sp³-hybridized carbons (Fsp3) is 1.00. The van der Waals surface area contributed by atoms with Crippen molar-refractivity contribution in [3.8, 4) is 0 Å². The van der Waals surface area contributed by atoms with E-state index in [1.54, 1.807) is 0 Å². The third kappa shape index (κ3) is 7.24. The summed E-state index contributed by atoms with van der Waals surface area (Å²) in [4.78, 5) is 2.48. The van der Waals surface area contributed by atoms with Gasteiger partial charge in [0.25, 0.3) is 0 Å². The van der Waals surface area contributed by atoms with Crippen LogP contribution in [0.15, 0.2) is 0 Å². The standard InChI is InChI=1S/C14H31NO/c1-4-7-8-9-10-11-14(12-13-16)15(5-2)6-3/h14,16H,4-13H2,1-3H3. The van der Waals surface area contributed by atoms with Crippen molar-refractivity contribution in [1.29, 1.82) is 0 Å². The number of aliphatic hydroxyl groups is 1. The van der Waals surface area contributed by atoms with E-state index in [4.69, 9.17) is 5.11 Å². The van der Waals surface area contributed by atoms with Crippen LogP contribution in [0.25, 0.3) is 0 Å². The quantitative estimate of drug-likeness (QED) is 0.549. The van der Waals surface area contributed by atoms with Crippen LogP contribution in [0.5, 0.6) is 0 Å². The molecular formula is C14H31NO. The molecule has 2 heteroatoms. The van der Waals surface area contributed by atoms with Gasteiger partial charge in [-0.1, -0.05) is 52.9 Å². The summed E-state index contributed by atoms with van der Waals surface area (Å²) in [6.45, 7) is 9.22. The van der Waals surface area contributed by atoms with Crippen molar-refractivity contribution in [2.24, 2.45) is 0 Å². The van der Waals surface area contributed by atoms with Gasteiger partial charge in [-0.3, -0.25) is 0 Å². The van der Waals surface area contributed by atoms with Gasteiger partial charge in [-0.15, -0.1) is 0 Å². The highest BCUT2D eigenvalue weighted by atomic mass is 16.3. The van der Waals surface area contributed by atoms with Crippen LogP contribution in [0.1, 0.15) is 65.7 Å². The van der Waals surface area contributed by atoms with Gasteiger partial charge >= 0.3 is 0 Å². The topological polar surface area (TPSA) is 23.5 Å². The first-order valence-corrected chi connectivity index (χ1v) is 7.14. The Hall–Kier alpha value is -0.0800. The van der Waals surface area contributed by atoms with Crippen LogP contribution in [0, 0.1) is 0 Å². The smallest absolute Gasteiger partial charge is 0.0445 e. The SMILES string of the molecule is CCCCCCCC(CCO)N(CC)CC. The van der Waals surface area contributed by atoms with Gasteiger partial charge in [0.05, 0.1) is 0 Å². The molecule has 1 unspecified atom stereocenters. The molecule has 1 atom stereocenters. The summed E-state index contributed by atoms with van der Waals surface area (Å²) in [6.07, 6.45) is 8.94. The van der Waals surface area contributed by atoms with Crippen LogP contribution in [0.3, 0.4) is 0 Å². The molecular weight excluding hydrogens is 198 g/mol. The Morgan fingerprint density at radius 2 is 1.50 bits per heavy atom. The number of aliphatic hydroxyl groups excluding tert-OH is 1. The minimum atomic E-state index is 0.329. The van der Waals surface area contributed by atoms with Crippen molar-refractivity contribution in [3.05, 3.63) is 0 Å². The lowest BCUT2D eigenvalue weighted by Gasteiger charge is -2.29. The zero-order valence-corrected chi connectivity index (χ0v) is 11.5. The average Bonchev–Trinajstić information content (AvgIpc) is 2.30. The Kier molecular flexibility index (Phi) is 11.3. The van der Waals surface area contributed by atoms with Crippen molar-refractivity contribution in [2.75, 3.05) is 19.7 Å². The van der Waals surface area contributed by atoms with Crippen LogP contribution >= 0.6 is 0 Å². The molecule has 0 saturated carbocycles. The predicted molar refractivity (Wildman–Crippen MR) is 71.8 cm³/mol. The molecule has 0 amide bonds. The van der Waals surface area contributed by atoms with E-state index in [0.717, 1.165) is 19.5 Å². The Bertz CT molecular complexity index is 135. The molecule has 16 heavy (non-hydrogen) atoms. The van der Waals surface area contributed by atoms with Gasteiger partial charge in [0.15, 0.2) is 0 Å². The van der Waals surface area contributed by atoms with E-state index in [1.165, 1.54) is 38.5 Å². The maximum Gasteiger partial charge on any atom is 0.0445 e. The predicted octanol–water partition coefficient (Wildman–Crippen LogP) is 3.44. The number of hydrogen-bond donors (Lipinski definition) is 1. The fourth-order valence-corrected chi connectivity index (χ4v) is 2.38. The minimum absolute atomic E-state index is 0.329. The number of rotatable bonds is 11. The molecule has 0 aliphatic carbocycles. The van der Waals surface area contributed by atoms with Crippen molar-refractivity contribution in [2.45, 2.75) is 71.8 Å². The number of unbranched alkanes of at least 4 members (excludes halogenated alkanes) is 4. The molecule has 0 fully saturated rings. The van der Waals surface area contributed by atoms with Gasteiger partial charge in [0.2, 0.25) is 0 Å². The van der Waals surface area contributed by atoms with Crippen molar-refractivity contribution < 1.29 is 5.11 Å². The molecule has 0 spiro atoms. The first-order chi connectivity index (χ1) is 7.79. The normalized spacial score (nSPS) is 13.3. The highest BCUT2D eigenvalue weighted by molar-refractivity contribution is 4.69. The van der Waals surface area contributed by atoms with Crippen LogP contribution in [-0.2, 0) is 0 Å². The van der Waals surface area contributed by atoms with Crippen LogP contribution in [0.2, 0.25) is 0 Å². The lowest BCUT2D eigenvalue weighted by Crippen LogP contribution is -2.35. The average molecular weight is 229 g/mol. The van der Waals surface area contributed by atoms with Crippen molar-refractivity contribution >= 4 is 0 Å². The minimum Gasteiger partial charge on any atom is -0.396 e. The molecule has 0 radical (unpaired) electrons. The molecule has 0 heterocycles. The number of hydrogen-bond acceptors (Lipinski definition) is 2. The lowest BCUT2D eigenvalue weighted by atomic mass is 10.0. The molecule has 98 valence electrons. The monoisotopic (exact) mass is 229 g/mol. The largest absolute Gasteiger partial charge is 0.396 e. The van der Waals surface area contributed by atoms with Gasteiger partial charge in [-0.25, -0.2) is 0 Å². The summed E-state index contributed by atoms with van der Waals surface area (Å²) < 4.78 is 0. The molecule has 0 rings (SSSR count). The van der Waals surface area contributed by atoms with Crippen LogP contribution in [-0.4, -0.2) is 35.7 Å². The molecule has 2 nitrogen and oxygen atoms in total. The summed E-state index contributed by atoms with van der Waals surface area (Å²) in [5.74, 6) is 0. The summed E-state index contributed by atoms with van der Waals surface area (Å²) >= 11 is 0. The molecule has 0 aliphatic heterocycles. The Balaban J connectivity index is 3.74. The lowest BCUT2D eigenvalue weighted by molar-refractivity contribution is 0.158. The van der Waals surface area contributed by atoms with Crippen molar-refractivity contribution in [1.82, 2.24) is 4.90 Å². The van der Waals surface area contributed by atoms with Gasteiger partial charge < -0.3 is 10.0 Å². The van der Waals surface area contributed by atoms with E-state index in [0.29, 0.717) is 12.6 Å². The maximum atomic E-state index is 9.09. The molecule has 0 aliphatic rings. The van der Waals surface area contributed by atoms with E-state index in [2.05, 4.69) is 25.7 Å². The first-order valence-electron chi connectivity index (χ1n) is 7.14. The fourth-order valence-electron chi connectivity index (χ4n) is 2.38. The van der Waals surface area contributed by atoms with Crippen molar-refractivity contribution in [3.63, 3.8) is 0 Å². The van der Waals surface area contributed by atoms with E-state index in [1.807, 2.05) is 0 Å².